The number of Topliss-reactive ketones (excluding diaryl/α,β-unsaturated/α-hetero) is 1. The van der Waals surface area contributed by atoms with Crippen molar-refractivity contribution in [3.05, 3.63) is 35.9 Å². The smallest absolute Gasteiger partial charge is 0.417 e. The molecule has 0 bridgehead atoms. The van der Waals surface area contributed by atoms with Gasteiger partial charge in [0, 0.05) is 11.5 Å². The number of benzene rings is 1. The Morgan fingerprint density at radius 3 is 2.17 bits per heavy atom. The summed E-state index contributed by atoms with van der Waals surface area (Å²) in [4.78, 5) is 42.2. The largest absolute Gasteiger partial charge is 0.447 e. The Labute approximate surface area is 262 Å². The van der Waals surface area contributed by atoms with Gasteiger partial charge in [-0.2, -0.15) is 0 Å². The lowest BCUT2D eigenvalue weighted by molar-refractivity contribution is -0.142. The minimum atomic E-state index is -2.11. The molecule has 1 aromatic carbocycles. The van der Waals surface area contributed by atoms with Gasteiger partial charge in [0.1, 0.15) is 20.8 Å². The average molecular weight is 632 g/mol. The zero-order valence-electron chi connectivity index (χ0n) is 26.5. The van der Waals surface area contributed by atoms with Crippen LogP contribution in [0.2, 0.25) is 16.6 Å². The van der Waals surface area contributed by atoms with Gasteiger partial charge in [-0.25, -0.2) is 9.69 Å². The van der Waals surface area contributed by atoms with Crippen LogP contribution in [0.15, 0.2) is 30.3 Å². The molecule has 2 heterocycles. The summed E-state index contributed by atoms with van der Waals surface area (Å²) >= 11 is 3.69. The fourth-order valence-corrected chi connectivity index (χ4v) is 14.8. The van der Waals surface area contributed by atoms with Crippen molar-refractivity contribution in [3.63, 3.8) is 0 Å². The first kappa shape index (κ1) is 34.8. The first-order chi connectivity index (χ1) is 19.7. The molecule has 1 aromatic rings. The van der Waals surface area contributed by atoms with E-state index in [4.69, 9.17) is 4.74 Å². The van der Waals surface area contributed by atoms with Crippen molar-refractivity contribution in [1.29, 1.82) is 0 Å². The van der Waals surface area contributed by atoms with E-state index >= 15 is 0 Å². The molecular formula is C33H49NO5S2Si. The van der Waals surface area contributed by atoms with Crippen LogP contribution in [-0.2, 0) is 20.7 Å². The molecule has 0 aromatic heterocycles. The van der Waals surface area contributed by atoms with Crippen molar-refractivity contribution in [2.24, 2.45) is 11.8 Å². The van der Waals surface area contributed by atoms with Crippen LogP contribution in [0, 0.1) is 23.3 Å². The Balaban J connectivity index is 1.89. The molecule has 0 radical (unpaired) electrons. The van der Waals surface area contributed by atoms with Crippen molar-refractivity contribution in [2.45, 2.75) is 108 Å². The number of thioether (sulfide) groups is 2. The van der Waals surface area contributed by atoms with Crippen LogP contribution in [0.4, 0.5) is 4.79 Å². The third kappa shape index (κ3) is 7.85. The predicted molar refractivity (Wildman–Crippen MR) is 177 cm³/mol. The van der Waals surface area contributed by atoms with Gasteiger partial charge < -0.3 is 9.84 Å². The lowest BCUT2D eigenvalue weighted by Crippen LogP contribution is -2.47. The fraction of sp³-hybridized carbons (Fsp3) is 0.667. The molecular weight excluding hydrogens is 583 g/mol. The first-order valence-corrected chi connectivity index (χ1v) is 19.5. The molecule has 2 amide bonds. The Morgan fingerprint density at radius 2 is 1.62 bits per heavy atom. The zero-order valence-corrected chi connectivity index (χ0v) is 29.1. The third-order valence-electron chi connectivity index (χ3n) is 9.16. The molecule has 0 saturated carbocycles. The molecule has 0 unspecified atom stereocenters. The van der Waals surface area contributed by atoms with Gasteiger partial charge in [-0.1, -0.05) is 84.7 Å². The maximum atomic E-state index is 14.1. The van der Waals surface area contributed by atoms with E-state index in [0.29, 0.717) is 35.9 Å². The highest BCUT2D eigenvalue weighted by atomic mass is 32.2. The number of aliphatic hydroxyl groups is 1. The lowest BCUT2D eigenvalue weighted by atomic mass is 9.85. The molecule has 232 valence electrons. The number of aliphatic hydroxyl groups excluding tert-OH is 1. The number of carbonyl (C=O) groups excluding carboxylic acids is 3. The number of amides is 2. The van der Waals surface area contributed by atoms with Gasteiger partial charge in [0.2, 0.25) is 5.91 Å². The number of imide groups is 1. The average Bonchev–Trinajstić information content (AvgIpc) is 3.53. The van der Waals surface area contributed by atoms with Crippen LogP contribution in [0.1, 0.15) is 73.8 Å². The number of nitrogens with zero attached hydrogens (tertiary/aromatic N) is 1. The topological polar surface area (TPSA) is 83.9 Å². The van der Waals surface area contributed by atoms with Gasteiger partial charge in [-0.3, -0.25) is 9.59 Å². The van der Waals surface area contributed by atoms with E-state index < -0.39 is 44.1 Å². The second-order valence-electron chi connectivity index (χ2n) is 12.9. The molecule has 2 fully saturated rings. The number of cyclic esters (lactones) is 1. The molecule has 3 rings (SSSR count). The van der Waals surface area contributed by atoms with E-state index in [-0.39, 0.29) is 16.5 Å². The minimum Gasteiger partial charge on any atom is -0.447 e. The van der Waals surface area contributed by atoms with Crippen LogP contribution in [0.3, 0.4) is 0 Å². The monoisotopic (exact) mass is 631 g/mol. The standard InChI is InChI=1S/C33H49NO5S2Si/c1-22(2)42(23(3)4,24(5)6)19-15-29(35)25(7)30(36)28(14-16-33(8)40-17-18-41-33)31(37)34-27(21-39-32(34)38)20-26-12-10-9-11-13-26/h9-13,22-25,27-29,35H,14,16-18,20-21H2,1-8H3/t25-,27-,28+,29-/m0/s1. The molecule has 2 aliphatic heterocycles. The van der Waals surface area contributed by atoms with E-state index in [1.807, 2.05) is 53.9 Å². The van der Waals surface area contributed by atoms with Crippen molar-refractivity contribution in [3.8, 4) is 11.5 Å². The molecule has 0 spiro atoms. The van der Waals surface area contributed by atoms with Crippen LogP contribution >= 0.6 is 23.5 Å². The maximum absolute atomic E-state index is 14.1. The van der Waals surface area contributed by atoms with E-state index in [0.717, 1.165) is 22.0 Å². The lowest BCUT2D eigenvalue weighted by Gasteiger charge is -2.38. The van der Waals surface area contributed by atoms with E-state index in [9.17, 15) is 19.5 Å². The summed E-state index contributed by atoms with van der Waals surface area (Å²) in [6.45, 7) is 17.1. The van der Waals surface area contributed by atoms with Crippen LogP contribution in [0.25, 0.3) is 0 Å². The van der Waals surface area contributed by atoms with Crippen LogP contribution in [-0.4, -0.2) is 70.2 Å². The van der Waals surface area contributed by atoms with Crippen LogP contribution in [0.5, 0.6) is 0 Å². The second-order valence-corrected chi connectivity index (χ2v) is 21.9. The summed E-state index contributed by atoms with van der Waals surface area (Å²) in [5.74, 6) is 2.34. The summed E-state index contributed by atoms with van der Waals surface area (Å²) in [6.07, 6.45) is -0.478. The summed E-state index contributed by atoms with van der Waals surface area (Å²) in [7, 11) is -2.11. The number of ether oxygens (including phenoxy) is 1. The zero-order chi connectivity index (χ0) is 31.2. The maximum Gasteiger partial charge on any atom is 0.417 e. The summed E-state index contributed by atoms with van der Waals surface area (Å²) in [5.41, 5.74) is 5.68. The molecule has 4 atom stereocenters. The number of ketones is 1. The highest BCUT2D eigenvalue weighted by Gasteiger charge is 2.46. The quantitative estimate of drug-likeness (QED) is 0.152. The number of rotatable bonds is 12. The number of hydrogen-bond donors (Lipinski definition) is 1. The van der Waals surface area contributed by atoms with Gasteiger partial charge in [-0.15, -0.1) is 29.1 Å². The molecule has 2 aliphatic rings. The van der Waals surface area contributed by atoms with Crippen LogP contribution < -0.4 is 0 Å². The van der Waals surface area contributed by atoms with Crippen molar-refractivity contribution < 1.29 is 24.2 Å². The Hall–Kier alpha value is -1.73. The van der Waals surface area contributed by atoms with Gasteiger partial charge >= 0.3 is 6.09 Å². The molecule has 1 N–H and O–H groups in total. The van der Waals surface area contributed by atoms with Gasteiger partial charge in [0.25, 0.3) is 0 Å². The van der Waals surface area contributed by atoms with Crippen molar-refractivity contribution in [2.75, 3.05) is 18.1 Å². The number of hydrogen-bond acceptors (Lipinski definition) is 7. The molecule has 9 heteroatoms. The SMILES string of the molecule is CC(C)[Si](C#C[C@H](O)[C@H](C)C(=O)[C@@H](CCC1(C)SCCS1)C(=O)N1C(=O)OC[C@@H]1Cc1ccccc1)(C(C)C)C(C)C. The highest BCUT2D eigenvalue weighted by Crippen LogP contribution is 2.47. The predicted octanol–water partition coefficient (Wildman–Crippen LogP) is 6.96. The van der Waals surface area contributed by atoms with Crippen molar-refractivity contribution >= 4 is 49.4 Å². The molecule has 0 aliphatic carbocycles. The molecule has 2 saturated heterocycles. The van der Waals surface area contributed by atoms with Gasteiger partial charge in [-0.05, 0) is 48.4 Å². The third-order valence-corrected chi connectivity index (χ3v) is 18.9. The fourth-order valence-electron chi connectivity index (χ4n) is 6.66. The Morgan fingerprint density at radius 1 is 1.05 bits per heavy atom. The second kappa shape index (κ2) is 14.8. The van der Waals surface area contributed by atoms with E-state index in [1.165, 1.54) is 0 Å². The minimum absolute atomic E-state index is 0.0908. The van der Waals surface area contributed by atoms with E-state index in [2.05, 4.69) is 59.9 Å². The first-order valence-electron chi connectivity index (χ1n) is 15.3. The number of carbonyl (C=O) groups is 3. The van der Waals surface area contributed by atoms with E-state index in [1.54, 1.807) is 6.92 Å². The Bertz CT molecular complexity index is 1130. The summed E-state index contributed by atoms with van der Waals surface area (Å²) < 4.78 is 5.24. The van der Waals surface area contributed by atoms with Gasteiger partial charge in [0.15, 0.2) is 5.78 Å². The Kier molecular flexibility index (Phi) is 12.3. The summed E-state index contributed by atoms with van der Waals surface area (Å²) in [5, 5.41) is 11.2. The highest BCUT2D eigenvalue weighted by molar-refractivity contribution is 8.21. The van der Waals surface area contributed by atoms with Gasteiger partial charge in [0.05, 0.1) is 22.0 Å². The molecule has 42 heavy (non-hydrogen) atoms. The summed E-state index contributed by atoms with van der Waals surface area (Å²) in [6, 6.07) is 9.18. The molecule has 6 nitrogen and oxygen atoms in total. The normalized spacial score (nSPS) is 20.8. The van der Waals surface area contributed by atoms with Crippen molar-refractivity contribution in [1.82, 2.24) is 4.90 Å².